The third-order valence-electron chi connectivity index (χ3n) is 8.94. The summed E-state index contributed by atoms with van der Waals surface area (Å²) in [4.78, 5) is 55.4. The zero-order valence-electron chi connectivity index (χ0n) is 27.1. The molecule has 0 bridgehead atoms. The van der Waals surface area contributed by atoms with Gasteiger partial charge in [-0.05, 0) is 50.1 Å². The van der Waals surface area contributed by atoms with Gasteiger partial charge in [0.05, 0.1) is 27.2 Å². The van der Waals surface area contributed by atoms with E-state index in [0.29, 0.717) is 18.5 Å². The van der Waals surface area contributed by atoms with Gasteiger partial charge in [0.1, 0.15) is 23.1 Å². The van der Waals surface area contributed by atoms with Gasteiger partial charge in [0, 0.05) is 50.5 Å². The summed E-state index contributed by atoms with van der Waals surface area (Å²) in [6, 6.07) is 5.59. The monoisotopic (exact) mass is 692 g/mol. The number of carbonyl (C=O) groups is 2. The van der Waals surface area contributed by atoms with Crippen molar-refractivity contribution >= 4 is 38.6 Å². The smallest absolute Gasteiger partial charge is 0.355 e. The van der Waals surface area contributed by atoms with Gasteiger partial charge in [0.15, 0.2) is 21.3 Å². The van der Waals surface area contributed by atoms with E-state index in [2.05, 4.69) is 21.5 Å². The number of amides is 1. The summed E-state index contributed by atoms with van der Waals surface area (Å²) < 4.78 is 64.6. The van der Waals surface area contributed by atoms with Crippen LogP contribution >= 0.6 is 0 Å². The van der Waals surface area contributed by atoms with Gasteiger partial charge in [-0.3, -0.25) is 14.6 Å². The zero-order chi connectivity index (χ0) is 35.2. The maximum atomic E-state index is 16.3. The van der Waals surface area contributed by atoms with Crippen LogP contribution in [0.2, 0.25) is 0 Å². The predicted octanol–water partition coefficient (Wildman–Crippen LogP) is 4.33. The fourth-order valence-corrected chi connectivity index (χ4v) is 7.13. The van der Waals surface area contributed by atoms with E-state index in [1.165, 1.54) is 30.5 Å². The average molecular weight is 693 g/mol. The number of esters is 1. The molecule has 15 heteroatoms. The molecule has 49 heavy (non-hydrogen) atoms. The van der Waals surface area contributed by atoms with Gasteiger partial charge in [0.25, 0.3) is 0 Å². The van der Waals surface area contributed by atoms with Crippen molar-refractivity contribution in [3.63, 3.8) is 0 Å². The van der Waals surface area contributed by atoms with Crippen LogP contribution in [0.15, 0.2) is 58.9 Å². The molecular weight excluding hydrogens is 658 g/mol. The number of piperazine rings is 1. The standard InChI is InChI=1S/C34H34F2N6O6S/c1-5-26(43)40-15-16-41(19(3)18-40)32-21-17-23(36)30(28-22(35)11-8-12-24(28)48-27(44)6-2)38-33(21)42(34(45)39-32)31-25(49(4,46)47)13-14-37-29(31)20-9-7-10-20/h5,8,11-14,17,19-20H,1,6-7,9-10,15-16,18H2,2-4H3/t19-/m0/s1. The molecule has 4 aromatic rings. The number of ether oxygens (including phenoxy) is 1. The van der Waals surface area contributed by atoms with Crippen LogP contribution < -0.4 is 15.3 Å². The van der Waals surface area contributed by atoms with Crippen LogP contribution in [0.3, 0.4) is 0 Å². The first-order valence-electron chi connectivity index (χ1n) is 15.8. The second kappa shape index (κ2) is 13.1. The molecule has 2 aliphatic rings. The number of aromatic nitrogens is 4. The molecule has 0 N–H and O–H groups in total. The van der Waals surface area contributed by atoms with Crippen molar-refractivity contribution in [2.75, 3.05) is 30.8 Å². The van der Waals surface area contributed by atoms with E-state index in [1.54, 1.807) is 16.7 Å². The minimum atomic E-state index is -3.97. The molecule has 1 aromatic carbocycles. The van der Waals surface area contributed by atoms with E-state index in [1.807, 2.05) is 6.92 Å². The van der Waals surface area contributed by atoms with Crippen LogP contribution in [0.5, 0.6) is 5.75 Å². The van der Waals surface area contributed by atoms with Crippen molar-refractivity contribution in [2.45, 2.75) is 56.4 Å². The van der Waals surface area contributed by atoms with Crippen LogP contribution in [0.25, 0.3) is 28.0 Å². The van der Waals surface area contributed by atoms with E-state index < -0.39 is 50.4 Å². The summed E-state index contributed by atoms with van der Waals surface area (Å²) >= 11 is 0. The van der Waals surface area contributed by atoms with Crippen LogP contribution in [0, 0.1) is 11.6 Å². The van der Waals surface area contributed by atoms with Gasteiger partial charge in [0.2, 0.25) is 5.91 Å². The number of nitrogens with zero attached hydrogens (tertiary/aromatic N) is 6. The third-order valence-corrected chi connectivity index (χ3v) is 10.1. The van der Waals surface area contributed by atoms with E-state index in [-0.39, 0.29) is 71.1 Å². The third kappa shape index (κ3) is 6.18. The highest BCUT2D eigenvalue weighted by Crippen LogP contribution is 2.41. The Morgan fingerprint density at radius 3 is 2.51 bits per heavy atom. The normalized spacial score (nSPS) is 16.8. The lowest BCUT2D eigenvalue weighted by atomic mass is 9.82. The lowest BCUT2D eigenvalue weighted by molar-refractivity contribution is -0.134. The highest BCUT2D eigenvalue weighted by molar-refractivity contribution is 7.90. The van der Waals surface area contributed by atoms with Gasteiger partial charge < -0.3 is 14.5 Å². The van der Waals surface area contributed by atoms with E-state index in [4.69, 9.17) is 4.74 Å². The highest BCUT2D eigenvalue weighted by Gasteiger charge is 2.34. The molecule has 0 unspecified atom stereocenters. The Kier molecular flexibility index (Phi) is 9.05. The van der Waals surface area contributed by atoms with Gasteiger partial charge in [-0.2, -0.15) is 4.98 Å². The molecule has 3 aromatic heterocycles. The van der Waals surface area contributed by atoms with Gasteiger partial charge >= 0.3 is 11.7 Å². The Morgan fingerprint density at radius 1 is 1.12 bits per heavy atom. The largest absolute Gasteiger partial charge is 0.426 e. The molecule has 256 valence electrons. The molecule has 0 radical (unpaired) electrons. The summed E-state index contributed by atoms with van der Waals surface area (Å²) in [5, 5.41) is 0.0301. The molecule has 1 atom stereocenters. The SMILES string of the molecule is C=CC(=O)N1CCN(c2nc(=O)n(-c3c(S(C)(=O)=O)ccnc3C3CCC3)c3nc(-c4c(F)cccc4OC(=O)CC)c(F)cc23)[C@@H](C)C1. The quantitative estimate of drug-likeness (QED) is 0.149. The summed E-state index contributed by atoms with van der Waals surface area (Å²) in [6.45, 7) is 7.62. The number of sulfone groups is 1. The molecule has 1 saturated heterocycles. The average Bonchev–Trinajstić information content (AvgIpc) is 3.03. The minimum Gasteiger partial charge on any atom is -0.426 e. The summed E-state index contributed by atoms with van der Waals surface area (Å²) in [7, 11) is -3.97. The highest BCUT2D eigenvalue weighted by atomic mass is 32.2. The van der Waals surface area contributed by atoms with Crippen molar-refractivity contribution in [1.82, 2.24) is 24.4 Å². The minimum absolute atomic E-state index is 0.0301. The van der Waals surface area contributed by atoms with E-state index in [0.717, 1.165) is 29.4 Å². The Hall–Kier alpha value is -5.05. The first-order chi connectivity index (χ1) is 23.3. The summed E-state index contributed by atoms with van der Waals surface area (Å²) in [5.41, 5.74) is -1.88. The number of carbonyl (C=O) groups excluding carboxylic acids is 2. The van der Waals surface area contributed by atoms with Gasteiger partial charge in [-0.25, -0.2) is 31.5 Å². The second-order valence-corrected chi connectivity index (χ2v) is 14.1. The molecule has 2 fully saturated rings. The van der Waals surface area contributed by atoms with Crippen molar-refractivity contribution in [3.05, 3.63) is 77.0 Å². The molecule has 0 spiro atoms. The topological polar surface area (TPSA) is 145 Å². The number of rotatable bonds is 8. The first kappa shape index (κ1) is 33.8. The number of hydrogen-bond acceptors (Lipinski definition) is 10. The maximum absolute atomic E-state index is 16.3. The zero-order valence-corrected chi connectivity index (χ0v) is 28.0. The number of halogens is 2. The van der Waals surface area contributed by atoms with Gasteiger partial charge in [-0.1, -0.05) is 26.0 Å². The van der Waals surface area contributed by atoms with E-state index >= 15 is 8.78 Å². The number of hydrogen-bond donors (Lipinski definition) is 0. The predicted molar refractivity (Wildman–Crippen MR) is 177 cm³/mol. The van der Waals surface area contributed by atoms with Gasteiger partial charge in [-0.15, -0.1) is 0 Å². The van der Waals surface area contributed by atoms with Crippen molar-refractivity contribution in [3.8, 4) is 22.7 Å². The Labute approximate surface area is 281 Å². The lowest BCUT2D eigenvalue weighted by Gasteiger charge is -2.40. The number of fused-ring (bicyclic) bond motifs is 1. The summed E-state index contributed by atoms with van der Waals surface area (Å²) in [5.74, 6) is -3.32. The molecule has 6 rings (SSSR count). The first-order valence-corrected chi connectivity index (χ1v) is 17.7. The van der Waals surface area contributed by atoms with Crippen LogP contribution in [0.4, 0.5) is 14.6 Å². The number of anilines is 1. The molecule has 1 aliphatic heterocycles. The van der Waals surface area contributed by atoms with E-state index in [9.17, 15) is 22.8 Å². The Balaban J connectivity index is 1.69. The lowest BCUT2D eigenvalue weighted by Crippen LogP contribution is -2.54. The fraction of sp³-hybridized carbons (Fsp3) is 0.353. The van der Waals surface area contributed by atoms with Crippen molar-refractivity contribution in [2.24, 2.45) is 0 Å². The van der Waals surface area contributed by atoms with Crippen LogP contribution in [0.1, 0.15) is 51.1 Å². The molecule has 1 amide bonds. The van der Waals surface area contributed by atoms with Crippen molar-refractivity contribution < 1.29 is 31.5 Å². The number of pyridine rings is 2. The van der Waals surface area contributed by atoms with Crippen LogP contribution in [-0.2, 0) is 19.4 Å². The Bertz CT molecular complexity index is 2190. The fourth-order valence-electron chi connectivity index (χ4n) is 6.27. The maximum Gasteiger partial charge on any atom is 0.355 e. The molecule has 1 saturated carbocycles. The molecular formula is C34H34F2N6O6S. The molecule has 12 nitrogen and oxygen atoms in total. The van der Waals surface area contributed by atoms with Crippen LogP contribution in [-0.4, -0.2) is 76.6 Å². The van der Waals surface area contributed by atoms with Crippen molar-refractivity contribution in [1.29, 1.82) is 0 Å². The number of benzene rings is 1. The Morgan fingerprint density at radius 2 is 1.88 bits per heavy atom. The molecule has 4 heterocycles. The summed E-state index contributed by atoms with van der Waals surface area (Å²) in [6.07, 6.45) is 5.81. The second-order valence-electron chi connectivity index (χ2n) is 12.2. The molecule has 1 aliphatic carbocycles.